The molecule has 5 nitrogen and oxygen atoms in total. The fourth-order valence-electron chi connectivity index (χ4n) is 2.51. The lowest BCUT2D eigenvalue weighted by atomic mass is 9.75. The molecule has 0 amide bonds. The maximum Gasteiger partial charge on any atom is 0.211 e. The molecule has 2 heterocycles. The monoisotopic (exact) mass is 249 g/mol. The van der Waals surface area contributed by atoms with Crippen LogP contribution in [0.5, 0.6) is 0 Å². The van der Waals surface area contributed by atoms with Gasteiger partial charge >= 0.3 is 0 Å². The van der Waals surface area contributed by atoms with Crippen molar-refractivity contribution >= 4 is 10.0 Å². The molecule has 1 atom stereocenters. The minimum Gasteiger partial charge on any atom is -0.381 e. The van der Waals surface area contributed by atoms with E-state index >= 15 is 0 Å². The van der Waals surface area contributed by atoms with Crippen molar-refractivity contribution in [2.45, 2.75) is 31.8 Å². The fraction of sp³-hybridized carbons (Fsp3) is 1.00. The van der Waals surface area contributed by atoms with Gasteiger partial charge in [-0.3, -0.25) is 0 Å². The number of nitrogens with two attached hydrogens (primary N) is 1. The van der Waals surface area contributed by atoms with E-state index in [2.05, 4.69) is 0 Å². The van der Waals surface area contributed by atoms with E-state index in [1.807, 2.05) is 0 Å². The van der Waals surface area contributed by atoms with Gasteiger partial charge in [-0.2, -0.15) is 0 Å². The Hall–Kier alpha value is -0.170. The number of hydrogen-bond acceptors (Lipinski definition) is 4. The Bertz CT molecular complexity index is 325. The van der Waals surface area contributed by atoms with Crippen LogP contribution >= 0.6 is 0 Å². The second-order valence-electron chi connectivity index (χ2n) is 4.91. The standard InChI is InChI=1S/C10H19NO4S/c11-16(12,13)7-9-1-2-10(8-15-9)3-5-14-6-4-10/h9H,1-8H2,(H2,11,12,13)/t9-/m1/s1. The van der Waals surface area contributed by atoms with E-state index in [1.54, 1.807) is 0 Å². The van der Waals surface area contributed by atoms with E-state index in [0.29, 0.717) is 6.61 Å². The molecule has 1 spiro atoms. The third-order valence-corrected chi connectivity index (χ3v) is 4.43. The Morgan fingerprint density at radius 2 is 1.94 bits per heavy atom. The Balaban J connectivity index is 1.86. The molecule has 2 aliphatic heterocycles. The van der Waals surface area contributed by atoms with E-state index in [1.165, 1.54) is 0 Å². The second kappa shape index (κ2) is 4.60. The number of ether oxygens (including phenoxy) is 2. The van der Waals surface area contributed by atoms with E-state index in [0.717, 1.165) is 38.9 Å². The average molecular weight is 249 g/mol. The number of sulfonamides is 1. The van der Waals surface area contributed by atoms with Crippen LogP contribution in [0.4, 0.5) is 0 Å². The molecule has 0 aromatic carbocycles. The number of primary sulfonamides is 1. The normalized spacial score (nSPS) is 30.4. The molecule has 0 saturated carbocycles. The third kappa shape index (κ3) is 3.16. The molecule has 2 aliphatic rings. The summed E-state index contributed by atoms with van der Waals surface area (Å²) in [6.07, 6.45) is 3.64. The average Bonchev–Trinajstić information content (AvgIpc) is 2.22. The highest BCUT2D eigenvalue weighted by Crippen LogP contribution is 2.39. The lowest BCUT2D eigenvalue weighted by Gasteiger charge is -2.42. The van der Waals surface area contributed by atoms with Crippen molar-refractivity contribution < 1.29 is 17.9 Å². The van der Waals surface area contributed by atoms with Gasteiger partial charge in [0.2, 0.25) is 10.0 Å². The maximum absolute atomic E-state index is 10.9. The van der Waals surface area contributed by atoms with Gasteiger partial charge in [-0.1, -0.05) is 0 Å². The summed E-state index contributed by atoms with van der Waals surface area (Å²) < 4.78 is 32.9. The molecule has 0 bridgehead atoms. The summed E-state index contributed by atoms with van der Waals surface area (Å²) in [6, 6.07) is 0. The lowest BCUT2D eigenvalue weighted by Crippen LogP contribution is -2.42. The molecule has 0 unspecified atom stereocenters. The van der Waals surface area contributed by atoms with Crippen LogP contribution < -0.4 is 5.14 Å². The topological polar surface area (TPSA) is 78.6 Å². The Kier molecular flexibility index (Phi) is 3.53. The Morgan fingerprint density at radius 3 is 2.44 bits per heavy atom. The van der Waals surface area contributed by atoms with Crippen LogP contribution in [0.25, 0.3) is 0 Å². The predicted molar refractivity (Wildman–Crippen MR) is 59.4 cm³/mol. The first-order chi connectivity index (χ1) is 7.49. The summed E-state index contributed by atoms with van der Waals surface area (Å²) >= 11 is 0. The summed E-state index contributed by atoms with van der Waals surface area (Å²) in [5.74, 6) is -0.0560. The van der Waals surface area contributed by atoms with Gasteiger partial charge in [0.05, 0.1) is 18.5 Å². The van der Waals surface area contributed by atoms with Gasteiger partial charge < -0.3 is 9.47 Å². The molecule has 0 radical (unpaired) electrons. The Labute approximate surface area is 96.3 Å². The van der Waals surface area contributed by atoms with Crippen molar-refractivity contribution in [1.82, 2.24) is 0 Å². The van der Waals surface area contributed by atoms with Gasteiger partial charge in [-0.25, -0.2) is 13.6 Å². The summed E-state index contributed by atoms with van der Waals surface area (Å²) in [5, 5.41) is 5.01. The first-order valence-corrected chi connectivity index (χ1v) is 7.41. The fourth-order valence-corrected chi connectivity index (χ4v) is 3.29. The molecule has 2 N–H and O–H groups in total. The largest absolute Gasteiger partial charge is 0.381 e. The van der Waals surface area contributed by atoms with Gasteiger partial charge in [0, 0.05) is 13.2 Å². The van der Waals surface area contributed by atoms with Gasteiger partial charge in [0.25, 0.3) is 0 Å². The zero-order valence-corrected chi connectivity index (χ0v) is 10.2. The van der Waals surface area contributed by atoms with Crippen LogP contribution in [0.2, 0.25) is 0 Å². The molecule has 2 rings (SSSR count). The molecule has 2 saturated heterocycles. The van der Waals surface area contributed by atoms with Crippen LogP contribution in [-0.2, 0) is 19.5 Å². The molecule has 0 aromatic rings. The zero-order valence-electron chi connectivity index (χ0n) is 9.35. The van der Waals surface area contributed by atoms with Crippen molar-refractivity contribution in [2.24, 2.45) is 10.6 Å². The van der Waals surface area contributed by atoms with Gasteiger partial charge in [-0.05, 0) is 31.1 Å². The lowest BCUT2D eigenvalue weighted by molar-refractivity contribution is -0.0983. The van der Waals surface area contributed by atoms with Crippen molar-refractivity contribution in [2.75, 3.05) is 25.6 Å². The summed E-state index contributed by atoms with van der Waals surface area (Å²) in [6.45, 7) is 2.24. The molecule has 2 fully saturated rings. The van der Waals surface area contributed by atoms with Gasteiger partial charge in [-0.15, -0.1) is 0 Å². The summed E-state index contributed by atoms with van der Waals surface area (Å²) in [5.41, 5.74) is 0.229. The minimum atomic E-state index is -3.42. The second-order valence-corrected chi connectivity index (χ2v) is 6.57. The highest BCUT2D eigenvalue weighted by molar-refractivity contribution is 7.89. The SMILES string of the molecule is NS(=O)(=O)C[C@H]1CCC2(CCOCC2)CO1. The first-order valence-electron chi connectivity index (χ1n) is 5.69. The van der Waals surface area contributed by atoms with Crippen molar-refractivity contribution in [3.05, 3.63) is 0 Å². The highest BCUT2D eigenvalue weighted by Gasteiger charge is 2.38. The summed E-state index contributed by atoms with van der Waals surface area (Å²) in [7, 11) is -3.42. The van der Waals surface area contributed by atoms with Gasteiger partial charge in [0.1, 0.15) is 0 Å². The van der Waals surface area contributed by atoms with Crippen molar-refractivity contribution in [3.63, 3.8) is 0 Å². The highest BCUT2D eigenvalue weighted by atomic mass is 32.2. The van der Waals surface area contributed by atoms with Crippen LogP contribution in [0.1, 0.15) is 25.7 Å². The number of rotatable bonds is 2. The molecular weight excluding hydrogens is 230 g/mol. The molecule has 94 valence electrons. The van der Waals surface area contributed by atoms with Crippen LogP contribution in [0.3, 0.4) is 0 Å². The van der Waals surface area contributed by atoms with Crippen LogP contribution in [-0.4, -0.2) is 40.1 Å². The minimum absolute atomic E-state index is 0.0560. The first kappa shape index (κ1) is 12.3. The molecule has 0 aliphatic carbocycles. The molecule has 0 aromatic heterocycles. The molecule has 6 heteroatoms. The van der Waals surface area contributed by atoms with Crippen LogP contribution in [0.15, 0.2) is 0 Å². The third-order valence-electron chi connectivity index (χ3n) is 3.59. The van der Waals surface area contributed by atoms with Crippen LogP contribution in [0, 0.1) is 5.41 Å². The van der Waals surface area contributed by atoms with Crippen molar-refractivity contribution in [3.8, 4) is 0 Å². The quantitative estimate of drug-likeness (QED) is 0.761. The zero-order chi connectivity index (χ0) is 11.6. The predicted octanol–water partition coefficient (Wildman–Crippen LogP) is 0.251. The van der Waals surface area contributed by atoms with Crippen molar-refractivity contribution in [1.29, 1.82) is 0 Å². The van der Waals surface area contributed by atoms with Gasteiger partial charge in [0.15, 0.2) is 0 Å². The molecule has 16 heavy (non-hydrogen) atoms. The van der Waals surface area contributed by atoms with E-state index in [4.69, 9.17) is 14.6 Å². The molecular formula is C10H19NO4S. The van der Waals surface area contributed by atoms with E-state index in [-0.39, 0.29) is 17.3 Å². The smallest absolute Gasteiger partial charge is 0.211 e. The summed E-state index contributed by atoms with van der Waals surface area (Å²) in [4.78, 5) is 0. The van der Waals surface area contributed by atoms with E-state index < -0.39 is 10.0 Å². The maximum atomic E-state index is 10.9. The number of hydrogen-bond donors (Lipinski definition) is 1. The van der Waals surface area contributed by atoms with E-state index in [9.17, 15) is 8.42 Å². The Morgan fingerprint density at radius 1 is 1.25 bits per heavy atom.